The minimum absolute atomic E-state index is 0.798. The normalized spacial score (nSPS) is 20.4. The highest BCUT2D eigenvalue weighted by Gasteiger charge is 2.14. The average Bonchev–Trinajstić information content (AvgIpc) is 2.31. The monoisotopic (exact) mass is 213 g/mol. The molecule has 1 fully saturated rings. The molecule has 0 unspecified atom stereocenters. The fourth-order valence-corrected chi connectivity index (χ4v) is 2.38. The van der Waals surface area contributed by atoms with Crippen molar-refractivity contribution in [2.24, 2.45) is 5.92 Å². The molecule has 1 N–H and O–H groups in total. The summed E-state index contributed by atoms with van der Waals surface area (Å²) in [7, 11) is 1.79. The van der Waals surface area contributed by atoms with Crippen LogP contribution in [-0.4, -0.2) is 26.3 Å². The van der Waals surface area contributed by atoms with Gasteiger partial charge in [-0.1, -0.05) is 32.6 Å². The molecule has 1 saturated carbocycles. The van der Waals surface area contributed by atoms with E-state index in [1.165, 1.54) is 51.5 Å². The Balaban J connectivity index is 2.09. The number of ether oxygens (including phenoxy) is 1. The molecule has 90 valence electrons. The topological polar surface area (TPSA) is 21.3 Å². The van der Waals surface area contributed by atoms with Gasteiger partial charge in [0.2, 0.25) is 0 Å². The van der Waals surface area contributed by atoms with Gasteiger partial charge in [-0.15, -0.1) is 0 Å². The molecule has 0 spiro atoms. The van der Waals surface area contributed by atoms with Gasteiger partial charge in [-0.25, -0.2) is 0 Å². The smallest absolute Gasteiger partial charge is 0.0465 e. The van der Waals surface area contributed by atoms with Crippen molar-refractivity contribution in [1.29, 1.82) is 0 Å². The maximum atomic E-state index is 5.14. The van der Waals surface area contributed by atoms with Crippen molar-refractivity contribution in [1.82, 2.24) is 5.32 Å². The van der Waals surface area contributed by atoms with Gasteiger partial charge in [-0.05, 0) is 31.7 Å². The van der Waals surface area contributed by atoms with Crippen LogP contribution >= 0.6 is 0 Å². The van der Waals surface area contributed by atoms with Crippen LogP contribution < -0.4 is 5.32 Å². The van der Waals surface area contributed by atoms with Crippen molar-refractivity contribution >= 4 is 0 Å². The molecule has 0 aromatic rings. The summed E-state index contributed by atoms with van der Waals surface area (Å²) in [6.45, 7) is 4.37. The molecule has 2 nitrogen and oxygen atoms in total. The van der Waals surface area contributed by atoms with E-state index in [-0.39, 0.29) is 0 Å². The Kier molecular flexibility index (Phi) is 7.03. The van der Waals surface area contributed by atoms with Crippen molar-refractivity contribution in [3.8, 4) is 0 Å². The maximum Gasteiger partial charge on any atom is 0.0465 e. The third-order valence-corrected chi connectivity index (χ3v) is 3.61. The SMILES string of the molecule is CC[C@@H](CCOC)CNC1CCCCC1. The standard InChI is InChI=1S/C13H27NO/c1-3-12(9-10-15-2)11-14-13-7-5-4-6-8-13/h12-14H,3-11H2,1-2H3/t12-/m0/s1. The molecule has 0 aromatic carbocycles. The van der Waals surface area contributed by atoms with Gasteiger partial charge in [-0.3, -0.25) is 0 Å². The molecule has 0 aliphatic heterocycles. The van der Waals surface area contributed by atoms with E-state index in [9.17, 15) is 0 Å². The summed E-state index contributed by atoms with van der Waals surface area (Å²) in [5.41, 5.74) is 0. The molecule has 1 aliphatic carbocycles. The molecule has 1 aliphatic rings. The summed E-state index contributed by atoms with van der Waals surface area (Å²) >= 11 is 0. The van der Waals surface area contributed by atoms with Crippen LogP contribution in [0.2, 0.25) is 0 Å². The summed E-state index contributed by atoms with van der Waals surface area (Å²) < 4.78 is 5.14. The largest absolute Gasteiger partial charge is 0.385 e. The lowest BCUT2D eigenvalue weighted by Crippen LogP contribution is -2.35. The van der Waals surface area contributed by atoms with Gasteiger partial charge in [0.05, 0.1) is 0 Å². The molecule has 0 saturated heterocycles. The molecule has 1 rings (SSSR count). The van der Waals surface area contributed by atoms with Crippen molar-refractivity contribution in [3.05, 3.63) is 0 Å². The Morgan fingerprint density at radius 1 is 1.27 bits per heavy atom. The fraction of sp³-hybridized carbons (Fsp3) is 1.00. The number of hydrogen-bond donors (Lipinski definition) is 1. The van der Waals surface area contributed by atoms with E-state index in [1.54, 1.807) is 7.11 Å². The fourth-order valence-electron chi connectivity index (χ4n) is 2.38. The molecule has 15 heavy (non-hydrogen) atoms. The summed E-state index contributed by atoms with van der Waals surface area (Å²) in [4.78, 5) is 0. The van der Waals surface area contributed by atoms with Crippen LogP contribution in [0.4, 0.5) is 0 Å². The van der Waals surface area contributed by atoms with E-state index in [0.29, 0.717) is 0 Å². The summed E-state index contributed by atoms with van der Waals surface area (Å²) in [5, 5.41) is 3.73. The maximum absolute atomic E-state index is 5.14. The summed E-state index contributed by atoms with van der Waals surface area (Å²) in [6.07, 6.45) is 9.54. The van der Waals surface area contributed by atoms with E-state index in [2.05, 4.69) is 12.2 Å². The number of rotatable bonds is 7. The second kappa shape index (κ2) is 8.12. The Bertz CT molecular complexity index is 143. The van der Waals surface area contributed by atoms with Crippen LogP contribution in [0.5, 0.6) is 0 Å². The lowest BCUT2D eigenvalue weighted by molar-refractivity contribution is 0.173. The molecule has 0 aromatic heterocycles. The van der Waals surface area contributed by atoms with Gasteiger partial charge in [-0.2, -0.15) is 0 Å². The van der Waals surface area contributed by atoms with Gasteiger partial charge < -0.3 is 10.1 Å². The first-order valence-electron chi connectivity index (χ1n) is 6.59. The predicted molar refractivity (Wildman–Crippen MR) is 65.1 cm³/mol. The summed E-state index contributed by atoms with van der Waals surface area (Å²) in [6, 6.07) is 0.801. The lowest BCUT2D eigenvalue weighted by Gasteiger charge is -2.25. The molecule has 1 atom stereocenters. The zero-order valence-corrected chi connectivity index (χ0v) is 10.4. The van der Waals surface area contributed by atoms with E-state index in [4.69, 9.17) is 4.74 Å². The van der Waals surface area contributed by atoms with Crippen molar-refractivity contribution in [2.45, 2.75) is 57.9 Å². The third kappa shape index (κ3) is 5.53. The third-order valence-electron chi connectivity index (χ3n) is 3.61. The van der Waals surface area contributed by atoms with Crippen molar-refractivity contribution in [2.75, 3.05) is 20.3 Å². The first-order chi connectivity index (χ1) is 7.36. The Hall–Kier alpha value is -0.0800. The van der Waals surface area contributed by atoms with Crippen LogP contribution in [-0.2, 0) is 4.74 Å². The Labute approximate surface area is 94.8 Å². The highest BCUT2D eigenvalue weighted by Crippen LogP contribution is 2.18. The minimum atomic E-state index is 0.798. The molecule has 2 heteroatoms. The van der Waals surface area contributed by atoms with Gasteiger partial charge in [0, 0.05) is 19.8 Å². The van der Waals surface area contributed by atoms with E-state index < -0.39 is 0 Å². The molecule has 0 amide bonds. The van der Waals surface area contributed by atoms with Crippen LogP contribution in [0.3, 0.4) is 0 Å². The second-order valence-corrected chi connectivity index (χ2v) is 4.80. The van der Waals surface area contributed by atoms with Gasteiger partial charge in [0.15, 0.2) is 0 Å². The van der Waals surface area contributed by atoms with Gasteiger partial charge >= 0.3 is 0 Å². The highest BCUT2D eigenvalue weighted by molar-refractivity contribution is 4.73. The van der Waals surface area contributed by atoms with Gasteiger partial charge in [0.25, 0.3) is 0 Å². The van der Waals surface area contributed by atoms with Crippen LogP contribution in [0.1, 0.15) is 51.9 Å². The molecule has 0 radical (unpaired) electrons. The molecular weight excluding hydrogens is 186 g/mol. The zero-order valence-electron chi connectivity index (χ0n) is 10.4. The first-order valence-corrected chi connectivity index (χ1v) is 6.59. The quantitative estimate of drug-likeness (QED) is 0.702. The first kappa shape index (κ1) is 13.0. The van der Waals surface area contributed by atoms with Crippen LogP contribution in [0.25, 0.3) is 0 Å². The van der Waals surface area contributed by atoms with Gasteiger partial charge in [0.1, 0.15) is 0 Å². The highest BCUT2D eigenvalue weighted by atomic mass is 16.5. The second-order valence-electron chi connectivity index (χ2n) is 4.80. The number of nitrogens with one attached hydrogen (secondary N) is 1. The van der Waals surface area contributed by atoms with Crippen LogP contribution in [0, 0.1) is 5.92 Å². The molecule has 0 bridgehead atoms. The average molecular weight is 213 g/mol. The molecule has 0 heterocycles. The van der Waals surface area contributed by atoms with Crippen molar-refractivity contribution in [3.63, 3.8) is 0 Å². The van der Waals surface area contributed by atoms with Crippen LogP contribution in [0.15, 0.2) is 0 Å². The van der Waals surface area contributed by atoms with E-state index in [0.717, 1.165) is 18.6 Å². The Morgan fingerprint density at radius 2 is 2.00 bits per heavy atom. The predicted octanol–water partition coefficient (Wildman–Crippen LogP) is 2.97. The molecular formula is C13H27NO. The lowest BCUT2D eigenvalue weighted by atomic mass is 9.94. The Morgan fingerprint density at radius 3 is 2.60 bits per heavy atom. The van der Waals surface area contributed by atoms with E-state index >= 15 is 0 Å². The van der Waals surface area contributed by atoms with E-state index in [1.807, 2.05) is 0 Å². The minimum Gasteiger partial charge on any atom is -0.385 e. The summed E-state index contributed by atoms with van der Waals surface area (Å²) in [5.74, 6) is 0.798. The van der Waals surface area contributed by atoms with Crippen molar-refractivity contribution < 1.29 is 4.74 Å². The number of hydrogen-bond acceptors (Lipinski definition) is 2. The number of methoxy groups -OCH3 is 1. The zero-order chi connectivity index (χ0) is 10.9.